The lowest BCUT2D eigenvalue weighted by atomic mass is 10.5. The molecular formula is C8H12N2O4. The number of carbonyl (C=O) groups is 2. The van der Waals surface area contributed by atoms with Crippen LogP contribution in [-0.2, 0) is 9.59 Å². The molecule has 0 aromatic rings. The number of rotatable bonds is 7. The van der Waals surface area contributed by atoms with Gasteiger partial charge < -0.3 is 20.8 Å². The largest absolute Gasteiger partial charge is 0.478 e. The molecule has 14 heavy (non-hydrogen) atoms. The number of nitrogens with one attached hydrogen (secondary N) is 2. The van der Waals surface area contributed by atoms with Crippen LogP contribution in [0.15, 0.2) is 24.6 Å². The van der Waals surface area contributed by atoms with Gasteiger partial charge in [0.25, 0.3) is 0 Å². The van der Waals surface area contributed by atoms with E-state index in [1.807, 2.05) is 0 Å². The summed E-state index contributed by atoms with van der Waals surface area (Å²) in [5.74, 6) is -2.03. The average molecular weight is 200 g/mol. The van der Waals surface area contributed by atoms with Crippen LogP contribution < -0.4 is 10.6 Å². The van der Waals surface area contributed by atoms with E-state index in [2.05, 4.69) is 10.6 Å². The van der Waals surface area contributed by atoms with Crippen molar-refractivity contribution in [3.8, 4) is 0 Å². The van der Waals surface area contributed by atoms with E-state index in [4.69, 9.17) is 10.2 Å². The fourth-order valence-corrected chi connectivity index (χ4v) is 0.571. The number of hydrogen-bond donors (Lipinski definition) is 4. The fourth-order valence-electron chi connectivity index (χ4n) is 0.571. The first-order valence-electron chi connectivity index (χ1n) is 3.88. The van der Waals surface area contributed by atoms with Crippen LogP contribution in [0.3, 0.4) is 0 Å². The lowest BCUT2D eigenvalue weighted by molar-refractivity contribution is -0.132. The molecule has 4 N–H and O–H groups in total. The Kier molecular flexibility index (Phi) is 6.57. The van der Waals surface area contributed by atoms with Crippen LogP contribution in [0.4, 0.5) is 0 Å². The van der Waals surface area contributed by atoms with Gasteiger partial charge in [0.2, 0.25) is 0 Å². The first kappa shape index (κ1) is 12.0. The Morgan fingerprint density at radius 1 is 0.929 bits per heavy atom. The summed E-state index contributed by atoms with van der Waals surface area (Å²) in [6.07, 6.45) is 4.58. The second kappa shape index (κ2) is 7.66. The summed E-state index contributed by atoms with van der Waals surface area (Å²) < 4.78 is 0. The molecule has 78 valence electrons. The predicted octanol–water partition coefficient (Wildman–Crippen LogP) is -0.638. The van der Waals surface area contributed by atoms with E-state index in [9.17, 15) is 9.59 Å². The van der Waals surface area contributed by atoms with Crippen LogP contribution in [0.1, 0.15) is 0 Å². The van der Waals surface area contributed by atoms with Crippen molar-refractivity contribution in [2.24, 2.45) is 0 Å². The van der Waals surface area contributed by atoms with E-state index in [1.165, 1.54) is 12.4 Å². The third-order valence-corrected chi connectivity index (χ3v) is 1.10. The zero-order valence-electron chi connectivity index (χ0n) is 7.43. The second-order valence-electron chi connectivity index (χ2n) is 2.25. The van der Waals surface area contributed by atoms with Gasteiger partial charge in [0.05, 0.1) is 0 Å². The smallest absolute Gasteiger partial charge is 0.329 e. The molecule has 0 amide bonds. The molecular weight excluding hydrogens is 188 g/mol. The maximum Gasteiger partial charge on any atom is 0.329 e. The Bertz CT molecular complexity index is 222. The zero-order chi connectivity index (χ0) is 10.8. The summed E-state index contributed by atoms with van der Waals surface area (Å²) in [4.78, 5) is 20.0. The number of carboxylic acids is 2. The Morgan fingerprint density at radius 3 is 1.57 bits per heavy atom. The number of aliphatic carboxylic acids is 2. The molecule has 0 aliphatic carbocycles. The minimum atomic E-state index is -1.02. The molecule has 0 bridgehead atoms. The third kappa shape index (κ3) is 10.0. The molecule has 6 nitrogen and oxygen atoms in total. The van der Waals surface area contributed by atoms with Crippen molar-refractivity contribution in [1.82, 2.24) is 10.6 Å². The average Bonchev–Trinajstić information content (AvgIpc) is 2.08. The highest BCUT2D eigenvalue weighted by atomic mass is 16.4. The zero-order valence-corrected chi connectivity index (χ0v) is 7.43. The van der Waals surface area contributed by atoms with Crippen LogP contribution in [0.25, 0.3) is 0 Å². The van der Waals surface area contributed by atoms with Gasteiger partial charge in [0, 0.05) is 37.6 Å². The van der Waals surface area contributed by atoms with Crippen LogP contribution in [0.2, 0.25) is 0 Å². The van der Waals surface area contributed by atoms with Gasteiger partial charge in [-0.2, -0.15) is 0 Å². The molecule has 0 saturated carbocycles. The van der Waals surface area contributed by atoms with Gasteiger partial charge in [-0.1, -0.05) is 0 Å². The molecule has 6 heteroatoms. The summed E-state index contributed by atoms with van der Waals surface area (Å²) in [6, 6.07) is 0. The highest BCUT2D eigenvalue weighted by Crippen LogP contribution is 1.69. The van der Waals surface area contributed by atoms with Gasteiger partial charge in [0.1, 0.15) is 0 Å². The monoisotopic (exact) mass is 200 g/mol. The summed E-state index contributed by atoms with van der Waals surface area (Å²) in [7, 11) is 0. The van der Waals surface area contributed by atoms with Crippen molar-refractivity contribution >= 4 is 11.9 Å². The van der Waals surface area contributed by atoms with Crippen molar-refractivity contribution in [2.45, 2.75) is 0 Å². The molecule has 0 aromatic carbocycles. The minimum Gasteiger partial charge on any atom is -0.478 e. The van der Waals surface area contributed by atoms with E-state index in [1.54, 1.807) is 0 Å². The molecule has 0 saturated heterocycles. The van der Waals surface area contributed by atoms with Gasteiger partial charge >= 0.3 is 11.9 Å². The van der Waals surface area contributed by atoms with Gasteiger partial charge in [-0.15, -0.1) is 0 Å². The normalized spacial score (nSPS) is 10.6. The quantitative estimate of drug-likeness (QED) is 0.322. The van der Waals surface area contributed by atoms with Gasteiger partial charge in [0.15, 0.2) is 0 Å². The minimum absolute atomic E-state index is 0.508. The molecule has 0 aliphatic heterocycles. The highest BCUT2D eigenvalue weighted by molar-refractivity contribution is 5.79. The van der Waals surface area contributed by atoms with Crippen LogP contribution in [-0.4, -0.2) is 35.2 Å². The molecule has 0 heterocycles. The maximum absolute atomic E-state index is 9.99. The second-order valence-corrected chi connectivity index (χ2v) is 2.25. The van der Waals surface area contributed by atoms with Crippen molar-refractivity contribution in [3.05, 3.63) is 24.6 Å². The molecule has 0 spiro atoms. The standard InChI is InChI=1S/C8H12N2O4/c11-7(12)1-3-9-5-6-10-4-2-8(13)14/h1-4,9-10H,5-6H2,(H,11,12)(H,13,14). The Labute approximate surface area is 80.9 Å². The van der Waals surface area contributed by atoms with E-state index >= 15 is 0 Å². The summed E-state index contributed by atoms with van der Waals surface area (Å²) in [6.45, 7) is 1.02. The van der Waals surface area contributed by atoms with Gasteiger partial charge in [-0.3, -0.25) is 0 Å². The summed E-state index contributed by atoms with van der Waals surface area (Å²) in [5, 5.41) is 21.8. The van der Waals surface area contributed by atoms with E-state index < -0.39 is 11.9 Å². The van der Waals surface area contributed by atoms with Crippen molar-refractivity contribution in [3.63, 3.8) is 0 Å². The van der Waals surface area contributed by atoms with E-state index in [-0.39, 0.29) is 0 Å². The molecule has 0 fully saturated rings. The number of carboxylic acid groups (broad SMARTS) is 2. The molecule has 0 atom stereocenters. The van der Waals surface area contributed by atoms with Gasteiger partial charge in [-0.05, 0) is 0 Å². The molecule has 0 aromatic heterocycles. The Balaban J connectivity index is 3.30. The summed E-state index contributed by atoms with van der Waals surface area (Å²) >= 11 is 0. The summed E-state index contributed by atoms with van der Waals surface area (Å²) in [5.41, 5.74) is 0. The van der Waals surface area contributed by atoms with E-state index in [0.717, 1.165) is 12.2 Å². The van der Waals surface area contributed by atoms with Gasteiger partial charge in [-0.25, -0.2) is 9.59 Å². The van der Waals surface area contributed by atoms with Crippen molar-refractivity contribution in [2.75, 3.05) is 13.1 Å². The van der Waals surface area contributed by atoms with Crippen LogP contribution >= 0.6 is 0 Å². The number of hydrogen-bond acceptors (Lipinski definition) is 4. The van der Waals surface area contributed by atoms with Crippen LogP contribution in [0, 0.1) is 0 Å². The fraction of sp³-hybridized carbons (Fsp3) is 0.250. The van der Waals surface area contributed by atoms with Crippen molar-refractivity contribution < 1.29 is 19.8 Å². The topological polar surface area (TPSA) is 98.7 Å². The van der Waals surface area contributed by atoms with E-state index in [0.29, 0.717) is 13.1 Å². The molecule has 0 rings (SSSR count). The van der Waals surface area contributed by atoms with Crippen LogP contribution in [0.5, 0.6) is 0 Å². The van der Waals surface area contributed by atoms with Crippen molar-refractivity contribution in [1.29, 1.82) is 0 Å². The predicted molar refractivity (Wildman–Crippen MR) is 49.6 cm³/mol. The first-order valence-corrected chi connectivity index (χ1v) is 3.88. The maximum atomic E-state index is 9.99. The molecule has 0 unspecified atom stereocenters. The highest BCUT2D eigenvalue weighted by Gasteiger charge is 1.85. The third-order valence-electron chi connectivity index (χ3n) is 1.10. The molecule has 0 radical (unpaired) electrons. The Morgan fingerprint density at radius 2 is 1.29 bits per heavy atom. The SMILES string of the molecule is O=C(O)C=CNCCNC=CC(=O)O. The molecule has 0 aliphatic rings. The lowest BCUT2D eigenvalue weighted by Gasteiger charge is -1.99. The Hall–Kier alpha value is -1.98. The lowest BCUT2D eigenvalue weighted by Crippen LogP contribution is -2.20. The first-order chi connectivity index (χ1) is 6.63.